The number of carbonyl (C=O) groups is 3. The van der Waals surface area contributed by atoms with Gasteiger partial charge >= 0.3 is 5.97 Å². The Morgan fingerprint density at radius 3 is 2.22 bits per heavy atom. The summed E-state index contributed by atoms with van der Waals surface area (Å²) >= 11 is 0. The maximum atomic E-state index is 14.3. The molecule has 4 bridgehead atoms. The minimum atomic E-state index is -1.32. The normalized spacial score (nSPS) is 26.7. The van der Waals surface area contributed by atoms with Crippen molar-refractivity contribution in [2.24, 2.45) is 23.7 Å². The van der Waals surface area contributed by atoms with Gasteiger partial charge in [-0.2, -0.15) is 5.10 Å². The summed E-state index contributed by atoms with van der Waals surface area (Å²) in [6, 6.07) is 13.1. The van der Waals surface area contributed by atoms with Gasteiger partial charge in [-0.25, -0.2) is 9.48 Å². The predicted molar refractivity (Wildman–Crippen MR) is 194 cm³/mol. The van der Waals surface area contributed by atoms with E-state index in [0.29, 0.717) is 58.4 Å². The molecule has 0 radical (unpaired) electrons. The Morgan fingerprint density at radius 2 is 1.63 bits per heavy atom. The molecule has 5 aliphatic rings. The van der Waals surface area contributed by atoms with Gasteiger partial charge in [-0.1, -0.05) is 26.8 Å². The number of methoxy groups -OCH3 is 2. The van der Waals surface area contributed by atoms with Crippen LogP contribution in [-0.2, 0) is 4.79 Å². The van der Waals surface area contributed by atoms with Gasteiger partial charge in [0.1, 0.15) is 17.0 Å². The summed E-state index contributed by atoms with van der Waals surface area (Å²) in [5, 5.41) is 21.8. The van der Waals surface area contributed by atoms with Gasteiger partial charge in [-0.15, -0.1) is 0 Å². The van der Waals surface area contributed by atoms with Crippen LogP contribution in [0.15, 0.2) is 42.5 Å². The number of hydrogen-bond donors (Lipinski definition) is 3. The molecule has 4 aliphatic carbocycles. The lowest BCUT2D eigenvalue weighted by Gasteiger charge is -2.59. The van der Waals surface area contributed by atoms with Crippen molar-refractivity contribution in [2.45, 2.75) is 83.2 Å². The van der Waals surface area contributed by atoms with Gasteiger partial charge in [0.05, 0.1) is 31.2 Å². The lowest BCUT2D eigenvalue weighted by Crippen LogP contribution is -2.70. The third-order valence-electron chi connectivity index (χ3n) is 12.3. The zero-order valence-electron chi connectivity index (χ0n) is 30.4. The summed E-state index contributed by atoms with van der Waals surface area (Å²) in [5.74, 6) is 0.315. The fourth-order valence-corrected chi connectivity index (χ4v) is 9.95. The number of likely N-dealkylation sites (tertiary alicyclic amines) is 1. The van der Waals surface area contributed by atoms with Gasteiger partial charge in [0.15, 0.2) is 5.69 Å². The van der Waals surface area contributed by atoms with Crippen LogP contribution in [0, 0.1) is 23.7 Å². The van der Waals surface area contributed by atoms with Crippen LogP contribution in [0.2, 0.25) is 0 Å². The molecule has 3 N–H and O–H groups in total. The van der Waals surface area contributed by atoms with Crippen molar-refractivity contribution < 1.29 is 29.0 Å². The van der Waals surface area contributed by atoms with Crippen LogP contribution < -0.4 is 20.1 Å². The fourth-order valence-electron chi connectivity index (χ4n) is 9.95. The molecule has 5 fully saturated rings. The number of aliphatic carboxylic acids is 1. The van der Waals surface area contributed by atoms with E-state index in [-0.39, 0.29) is 29.4 Å². The number of carbonyl (C=O) groups excluding carboxylic acids is 2. The van der Waals surface area contributed by atoms with Crippen LogP contribution in [0.25, 0.3) is 16.9 Å². The Hall–Kier alpha value is -4.38. The molecule has 11 nitrogen and oxygen atoms in total. The van der Waals surface area contributed by atoms with Crippen molar-refractivity contribution in [3.8, 4) is 28.4 Å². The highest BCUT2D eigenvalue weighted by Gasteiger charge is 2.62. The third-order valence-corrected chi connectivity index (χ3v) is 12.3. The van der Waals surface area contributed by atoms with E-state index in [1.165, 1.54) is 6.42 Å². The second-order valence-corrected chi connectivity index (χ2v) is 15.4. The Labute approximate surface area is 300 Å². The molecule has 1 aliphatic heterocycles. The molecule has 1 aromatic heterocycles. The number of likely N-dealkylation sites (N-methyl/N-ethyl adjacent to an activating group) is 1. The molecule has 8 rings (SSSR count). The molecule has 2 heterocycles. The summed E-state index contributed by atoms with van der Waals surface area (Å²) in [6.45, 7) is 8.90. The smallest absolute Gasteiger partial charge is 0.330 e. The average Bonchev–Trinajstić information content (AvgIpc) is 3.78. The Morgan fingerprint density at radius 1 is 0.961 bits per heavy atom. The number of benzene rings is 2. The molecule has 272 valence electrons. The molecule has 0 spiro atoms. The summed E-state index contributed by atoms with van der Waals surface area (Å²) in [5.41, 5.74) is 2.04. The standard InChI is InChI=1S/C40H51N5O6/c1-6-44-14-8-9-29(44)22-41-37(46)26-12-13-32(30(20-26)23(2)3)45-33(36-34(50-4)10-7-11-35(36)51-5)21-31(43-45)38(47)42-40(39(48)49)27-16-24-15-25(18-27)19-28(40)17-24/h7,10-13,20-21,23-25,27-29H,6,8-9,14-19,22H2,1-5H3,(H,41,46)(H,42,47)(H,48,49). The molecule has 51 heavy (non-hydrogen) atoms. The van der Waals surface area contributed by atoms with E-state index in [0.717, 1.165) is 57.2 Å². The van der Waals surface area contributed by atoms with Crippen molar-refractivity contribution in [1.29, 1.82) is 0 Å². The van der Waals surface area contributed by atoms with E-state index < -0.39 is 17.4 Å². The van der Waals surface area contributed by atoms with Crippen LogP contribution in [0.3, 0.4) is 0 Å². The first-order chi connectivity index (χ1) is 24.6. The first-order valence-electron chi connectivity index (χ1n) is 18.6. The molecule has 11 heteroatoms. The van der Waals surface area contributed by atoms with E-state index in [1.807, 2.05) is 30.3 Å². The maximum Gasteiger partial charge on any atom is 0.330 e. The van der Waals surface area contributed by atoms with Crippen molar-refractivity contribution in [3.05, 3.63) is 59.3 Å². The Kier molecular flexibility index (Phi) is 9.60. The van der Waals surface area contributed by atoms with Crippen molar-refractivity contribution in [1.82, 2.24) is 25.3 Å². The van der Waals surface area contributed by atoms with Crippen LogP contribution >= 0.6 is 0 Å². The molecule has 3 aromatic rings. The zero-order valence-corrected chi connectivity index (χ0v) is 30.4. The second-order valence-electron chi connectivity index (χ2n) is 15.4. The van der Waals surface area contributed by atoms with Gasteiger partial charge in [-0.05, 0) is 130 Å². The third kappa shape index (κ3) is 6.17. The van der Waals surface area contributed by atoms with Gasteiger partial charge in [0.2, 0.25) is 0 Å². The largest absolute Gasteiger partial charge is 0.496 e. The first kappa shape index (κ1) is 35.0. The summed E-state index contributed by atoms with van der Waals surface area (Å²) < 4.78 is 13.3. The van der Waals surface area contributed by atoms with Gasteiger partial charge in [0, 0.05) is 18.2 Å². The minimum absolute atomic E-state index is 0.00427. The number of rotatable bonds is 12. The molecule has 4 saturated carbocycles. The molecular formula is C40H51N5O6. The number of carboxylic acid groups (broad SMARTS) is 1. The van der Waals surface area contributed by atoms with Crippen molar-refractivity contribution >= 4 is 17.8 Å². The quantitative estimate of drug-likeness (QED) is 0.213. The van der Waals surface area contributed by atoms with Gasteiger partial charge in [-0.3, -0.25) is 14.5 Å². The fraction of sp³-hybridized carbons (Fsp3) is 0.550. The minimum Gasteiger partial charge on any atom is -0.496 e. The lowest BCUT2D eigenvalue weighted by molar-refractivity contribution is -0.163. The zero-order chi connectivity index (χ0) is 36.0. The van der Waals surface area contributed by atoms with E-state index >= 15 is 0 Å². The number of nitrogens with zero attached hydrogens (tertiary/aromatic N) is 3. The molecule has 2 amide bonds. The number of aromatic nitrogens is 2. The van der Waals surface area contributed by atoms with Gasteiger partial charge < -0.3 is 25.2 Å². The predicted octanol–water partition coefficient (Wildman–Crippen LogP) is 5.90. The highest BCUT2D eigenvalue weighted by Crippen LogP contribution is 2.58. The SMILES string of the molecule is CCN1CCCC1CNC(=O)c1ccc(-n2nc(C(=O)NC3(C(=O)O)C4CC5CC(C4)CC3C5)cc2-c2c(OC)cccc2OC)c(C(C)C)c1. The average molecular weight is 698 g/mol. The summed E-state index contributed by atoms with van der Waals surface area (Å²) in [4.78, 5) is 43.3. The Bertz CT molecular complexity index is 1770. The molecule has 1 unspecified atom stereocenters. The van der Waals surface area contributed by atoms with Crippen LogP contribution in [0.1, 0.15) is 98.0 Å². The number of hydrogen-bond acceptors (Lipinski definition) is 7. The van der Waals surface area contributed by atoms with Crippen LogP contribution in [0.4, 0.5) is 0 Å². The van der Waals surface area contributed by atoms with Crippen molar-refractivity contribution in [2.75, 3.05) is 33.9 Å². The molecular weight excluding hydrogens is 646 g/mol. The van der Waals surface area contributed by atoms with Crippen LogP contribution in [-0.4, -0.2) is 83.0 Å². The van der Waals surface area contributed by atoms with E-state index in [4.69, 9.17) is 14.6 Å². The van der Waals surface area contributed by atoms with E-state index in [1.54, 1.807) is 31.0 Å². The highest BCUT2D eigenvalue weighted by molar-refractivity contribution is 5.98. The monoisotopic (exact) mass is 697 g/mol. The maximum absolute atomic E-state index is 14.3. The number of ether oxygens (including phenoxy) is 2. The summed E-state index contributed by atoms with van der Waals surface area (Å²) in [7, 11) is 3.15. The lowest BCUT2D eigenvalue weighted by atomic mass is 9.48. The number of carboxylic acids is 1. The van der Waals surface area contributed by atoms with Gasteiger partial charge in [0.25, 0.3) is 11.8 Å². The Balaban J connectivity index is 1.28. The number of amides is 2. The van der Waals surface area contributed by atoms with E-state index in [9.17, 15) is 19.5 Å². The van der Waals surface area contributed by atoms with E-state index in [2.05, 4.69) is 36.3 Å². The number of nitrogens with one attached hydrogen (secondary N) is 2. The summed E-state index contributed by atoms with van der Waals surface area (Å²) in [6.07, 6.45) is 6.69. The highest BCUT2D eigenvalue weighted by atomic mass is 16.5. The second kappa shape index (κ2) is 14.0. The topological polar surface area (TPSA) is 135 Å². The molecule has 1 saturated heterocycles. The molecule has 2 aromatic carbocycles. The van der Waals surface area contributed by atoms with Crippen LogP contribution in [0.5, 0.6) is 11.5 Å². The van der Waals surface area contributed by atoms with Crippen molar-refractivity contribution in [3.63, 3.8) is 0 Å². The molecule has 1 atom stereocenters. The first-order valence-corrected chi connectivity index (χ1v) is 18.6.